The molecule has 4 rings (SSSR count). The van der Waals surface area contributed by atoms with Crippen LogP contribution in [0.5, 0.6) is 0 Å². The summed E-state index contributed by atoms with van der Waals surface area (Å²) in [5.41, 5.74) is 4.70. The number of rotatable bonds is 4. The van der Waals surface area contributed by atoms with Gasteiger partial charge >= 0.3 is 5.97 Å². The van der Waals surface area contributed by atoms with Crippen LogP contribution < -0.4 is 4.90 Å². The fourth-order valence-corrected chi connectivity index (χ4v) is 4.88. The molecule has 0 radical (unpaired) electrons. The smallest absolute Gasteiger partial charge is 0.337 e. The Morgan fingerprint density at radius 3 is 1.93 bits per heavy atom. The van der Waals surface area contributed by atoms with E-state index in [4.69, 9.17) is 4.74 Å². The molecule has 0 N–H and O–H groups in total. The fourth-order valence-electron chi connectivity index (χ4n) is 4.88. The summed E-state index contributed by atoms with van der Waals surface area (Å²) in [6.45, 7) is 9.38. The van der Waals surface area contributed by atoms with Crippen LogP contribution in [0.1, 0.15) is 49.9 Å². The van der Waals surface area contributed by atoms with Gasteiger partial charge in [0.05, 0.1) is 12.7 Å². The second kappa shape index (κ2) is 8.81. The fraction of sp³-hybridized carbons (Fsp3) is 0.500. The van der Waals surface area contributed by atoms with Crippen LogP contribution in [0, 0.1) is 5.41 Å². The predicted octanol–water partition coefficient (Wildman–Crippen LogP) is 5.23. The first-order valence-electron chi connectivity index (χ1n) is 11.2. The first-order chi connectivity index (χ1) is 14.4. The van der Waals surface area contributed by atoms with Gasteiger partial charge in [0, 0.05) is 37.9 Å². The van der Waals surface area contributed by atoms with Crippen molar-refractivity contribution in [1.29, 1.82) is 0 Å². The highest BCUT2D eigenvalue weighted by molar-refractivity contribution is 5.90. The Morgan fingerprint density at radius 2 is 1.40 bits per heavy atom. The molecule has 4 nitrogen and oxygen atoms in total. The molecule has 30 heavy (non-hydrogen) atoms. The molecule has 2 aliphatic rings. The molecule has 1 aliphatic carbocycles. The van der Waals surface area contributed by atoms with Gasteiger partial charge in [0.2, 0.25) is 0 Å². The molecule has 0 bridgehead atoms. The first kappa shape index (κ1) is 20.9. The van der Waals surface area contributed by atoms with Crippen LogP contribution in [-0.2, 0) is 4.74 Å². The number of ether oxygens (including phenoxy) is 1. The van der Waals surface area contributed by atoms with E-state index in [-0.39, 0.29) is 5.97 Å². The van der Waals surface area contributed by atoms with Gasteiger partial charge in [0.25, 0.3) is 0 Å². The molecule has 0 spiro atoms. The Balaban J connectivity index is 1.33. The lowest BCUT2D eigenvalue weighted by atomic mass is 9.75. The van der Waals surface area contributed by atoms with E-state index >= 15 is 0 Å². The van der Waals surface area contributed by atoms with Gasteiger partial charge in [0.1, 0.15) is 0 Å². The monoisotopic (exact) mass is 406 g/mol. The molecule has 1 aliphatic heterocycles. The molecular weight excluding hydrogens is 372 g/mol. The minimum absolute atomic E-state index is 0.298. The SMILES string of the molecule is COC(=O)c1ccc(-c2ccc(N3CCN(C4CCC(C)(C)CC4)CC3)cc2)cc1. The van der Waals surface area contributed by atoms with E-state index in [0.29, 0.717) is 11.0 Å². The van der Waals surface area contributed by atoms with Crippen molar-refractivity contribution >= 4 is 11.7 Å². The lowest BCUT2D eigenvalue weighted by Gasteiger charge is -2.44. The largest absolute Gasteiger partial charge is 0.465 e. The Hall–Kier alpha value is -2.33. The van der Waals surface area contributed by atoms with Crippen LogP contribution in [-0.4, -0.2) is 50.2 Å². The topological polar surface area (TPSA) is 32.8 Å². The van der Waals surface area contributed by atoms with Crippen molar-refractivity contribution in [3.63, 3.8) is 0 Å². The summed E-state index contributed by atoms with van der Waals surface area (Å²) in [6.07, 6.45) is 5.44. The first-order valence-corrected chi connectivity index (χ1v) is 11.2. The second-order valence-electron chi connectivity index (χ2n) is 9.53. The minimum Gasteiger partial charge on any atom is -0.465 e. The Kier molecular flexibility index (Phi) is 6.14. The van der Waals surface area contributed by atoms with Gasteiger partial charge in [-0.2, -0.15) is 0 Å². The molecule has 1 saturated carbocycles. The lowest BCUT2D eigenvalue weighted by Crippen LogP contribution is -2.51. The van der Waals surface area contributed by atoms with E-state index in [9.17, 15) is 4.79 Å². The standard InChI is InChI=1S/C26H34N2O2/c1-26(2)14-12-24(13-15-26)28-18-16-27(17-19-28)23-10-8-21(9-11-23)20-4-6-22(7-5-20)25(29)30-3/h4-11,24H,12-19H2,1-3H3. The van der Waals surface area contributed by atoms with Crippen molar-refractivity contribution in [2.24, 2.45) is 5.41 Å². The van der Waals surface area contributed by atoms with E-state index in [1.165, 1.54) is 57.1 Å². The Bertz CT molecular complexity index is 840. The van der Waals surface area contributed by atoms with Gasteiger partial charge in [-0.3, -0.25) is 4.90 Å². The normalized spacial score (nSPS) is 20.2. The number of carbonyl (C=O) groups excluding carboxylic acids is 1. The van der Waals surface area contributed by atoms with Crippen molar-refractivity contribution in [2.75, 3.05) is 38.2 Å². The second-order valence-corrected chi connectivity index (χ2v) is 9.53. The molecule has 1 saturated heterocycles. The average Bonchev–Trinajstić information content (AvgIpc) is 2.79. The van der Waals surface area contributed by atoms with Crippen LogP contribution in [0.25, 0.3) is 11.1 Å². The van der Waals surface area contributed by atoms with E-state index in [2.05, 4.69) is 47.9 Å². The van der Waals surface area contributed by atoms with Crippen LogP contribution in [0.15, 0.2) is 48.5 Å². The van der Waals surface area contributed by atoms with Crippen molar-refractivity contribution in [2.45, 2.75) is 45.6 Å². The van der Waals surface area contributed by atoms with Crippen molar-refractivity contribution < 1.29 is 9.53 Å². The molecule has 2 aromatic carbocycles. The zero-order valence-corrected chi connectivity index (χ0v) is 18.6. The Labute approximate surface area is 180 Å². The number of methoxy groups -OCH3 is 1. The van der Waals surface area contributed by atoms with Gasteiger partial charge in [-0.25, -0.2) is 4.79 Å². The molecule has 4 heteroatoms. The number of benzene rings is 2. The number of carbonyl (C=O) groups is 1. The molecule has 1 heterocycles. The lowest BCUT2D eigenvalue weighted by molar-refractivity contribution is 0.0601. The quantitative estimate of drug-likeness (QED) is 0.651. The number of piperazine rings is 1. The van der Waals surface area contributed by atoms with Gasteiger partial charge in [-0.1, -0.05) is 38.1 Å². The summed E-state index contributed by atoms with van der Waals surface area (Å²) in [4.78, 5) is 16.8. The van der Waals surface area contributed by atoms with Crippen LogP contribution >= 0.6 is 0 Å². The summed E-state index contributed by atoms with van der Waals surface area (Å²) in [7, 11) is 1.41. The number of hydrogen-bond acceptors (Lipinski definition) is 4. The molecule has 0 atom stereocenters. The maximum atomic E-state index is 11.6. The molecular formula is C26H34N2O2. The van der Waals surface area contributed by atoms with Crippen molar-refractivity contribution in [3.05, 3.63) is 54.1 Å². The Morgan fingerprint density at radius 1 is 0.867 bits per heavy atom. The number of nitrogens with zero attached hydrogens (tertiary/aromatic N) is 2. The van der Waals surface area contributed by atoms with E-state index < -0.39 is 0 Å². The number of esters is 1. The van der Waals surface area contributed by atoms with Crippen LogP contribution in [0.3, 0.4) is 0 Å². The predicted molar refractivity (Wildman–Crippen MR) is 123 cm³/mol. The summed E-state index contributed by atoms with van der Waals surface area (Å²) < 4.78 is 4.77. The van der Waals surface area contributed by atoms with Gasteiger partial charge in [-0.15, -0.1) is 0 Å². The summed E-state index contributed by atoms with van der Waals surface area (Å²) in [5.74, 6) is -0.298. The van der Waals surface area contributed by atoms with Crippen molar-refractivity contribution in [1.82, 2.24) is 4.90 Å². The third kappa shape index (κ3) is 4.70. The highest BCUT2D eigenvalue weighted by Crippen LogP contribution is 2.37. The average molecular weight is 407 g/mol. The highest BCUT2D eigenvalue weighted by Gasteiger charge is 2.31. The van der Waals surface area contributed by atoms with Crippen molar-refractivity contribution in [3.8, 4) is 11.1 Å². The minimum atomic E-state index is -0.298. The summed E-state index contributed by atoms with van der Waals surface area (Å²) in [5, 5.41) is 0. The molecule has 0 amide bonds. The number of anilines is 1. The van der Waals surface area contributed by atoms with E-state index in [1.54, 1.807) is 0 Å². The molecule has 0 unspecified atom stereocenters. The zero-order valence-electron chi connectivity index (χ0n) is 18.6. The van der Waals surface area contributed by atoms with E-state index in [0.717, 1.165) is 24.7 Å². The van der Waals surface area contributed by atoms with Gasteiger partial charge < -0.3 is 9.64 Å². The molecule has 0 aromatic heterocycles. The highest BCUT2D eigenvalue weighted by atomic mass is 16.5. The van der Waals surface area contributed by atoms with Gasteiger partial charge in [0.15, 0.2) is 0 Å². The maximum absolute atomic E-state index is 11.6. The third-order valence-electron chi connectivity index (χ3n) is 7.01. The van der Waals surface area contributed by atoms with Crippen LogP contribution in [0.2, 0.25) is 0 Å². The maximum Gasteiger partial charge on any atom is 0.337 e. The molecule has 2 aromatic rings. The molecule has 160 valence electrons. The zero-order chi connectivity index (χ0) is 21.1. The van der Waals surface area contributed by atoms with Crippen LogP contribution in [0.4, 0.5) is 5.69 Å². The number of hydrogen-bond donors (Lipinski definition) is 0. The molecule has 2 fully saturated rings. The van der Waals surface area contributed by atoms with E-state index in [1.807, 2.05) is 24.3 Å². The van der Waals surface area contributed by atoms with Gasteiger partial charge in [-0.05, 0) is 66.5 Å². The summed E-state index contributed by atoms with van der Waals surface area (Å²) in [6, 6.07) is 17.2. The summed E-state index contributed by atoms with van der Waals surface area (Å²) >= 11 is 0. The third-order valence-corrected chi connectivity index (χ3v) is 7.01.